The Bertz CT molecular complexity index is 3740. The summed E-state index contributed by atoms with van der Waals surface area (Å²) in [5.74, 6) is 0.239. The van der Waals surface area contributed by atoms with Crippen LogP contribution in [-0.4, -0.2) is 15.3 Å². The minimum atomic E-state index is -0.203. The maximum absolute atomic E-state index is 5.31. The van der Waals surface area contributed by atoms with Gasteiger partial charge in [-0.1, -0.05) is 170 Å². The molecule has 330 valence electrons. The molecule has 0 spiro atoms. The third-order valence-corrected chi connectivity index (χ3v) is 14.9. The first-order valence-electron chi connectivity index (χ1n) is 24.3. The second-order valence-corrected chi connectivity index (χ2v) is 18.7. The predicted molar refractivity (Wildman–Crippen MR) is 286 cm³/mol. The zero-order chi connectivity index (χ0) is 45.4. The number of fused-ring (bicyclic) bond motifs is 9. The van der Waals surface area contributed by atoms with Crippen LogP contribution in [-0.2, 0) is 6.42 Å². The lowest BCUT2D eigenvalue weighted by Crippen LogP contribution is -2.47. The fourth-order valence-corrected chi connectivity index (χ4v) is 12.0. The zero-order valence-electron chi connectivity index (χ0n) is 38.0. The van der Waals surface area contributed by atoms with Crippen LogP contribution in [0.4, 0.5) is 5.69 Å². The van der Waals surface area contributed by atoms with Crippen molar-refractivity contribution >= 4 is 50.2 Å². The molecular formula is C64H48N5-. The van der Waals surface area contributed by atoms with Crippen LogP contribution in [0.25, 0.3) is 72.3 Å². The van der Waals surface area contributed by atoms with Gasteiger partial charge in [-0.25, -0.2) is 0 Å². The Labute approximate surface area is 402 Å². The molecule has 0 amide bonds. The molecule has 5 heteroatoms. The van der Waals surface area contributed by atoms with Gasteiger partial charge in [-0.2, -0.15) is 0 Å². The summed E-state index contributed by atoms with van der Waals surface area (Å²) in [5, 5.41) is 13.2. The molecule has 10 aromatic rings. The third kappa shape index (κ3) is 6.42. The second kappa shape index (κ2) is 16.2. The van der Waals surface area contributed by atoms with Crippen LogP contribution in [0.5, 0.6) is 0 Å². The first-order chi connectivity index (χ1) is 34.2. The average molecular weight is 887 g/mol. The van der Waals surface area contributed by atoms with Crippen molar-refractivity contribution in [3.8, 4) is 22.5 Å². The van der Waals surface area contributed by atoms with Crippen molar-refractivity contribution in [1.82, 2.24) is 14.5 Å². The lowest BCUT2D eigenvalue weighted by atomic mass is 9.76. The topological polar surface area (TPSA) is 39.2 Å². The van der Waals surface area contributed by atoms with Crippen LogP contribution in [0.3, 0.4) is 0 Å². The van der Waals surface area contributed by atoms with E-state index in [1.807, 2.05) is 0 Å². The summed E-state index contributed by atoms with van der Waals surface area (Å²) in [4.78, 5) is 2.55. The average Bonchev–Trinajstić information content (AvgIpc) is 4.07. The highest BCUT2D eigenvalue weighted by atomic mass is 15.3. The molecule has 69 heavy (non-hydrogen) atoms. The summed E-state index contributed by atoms with van der Waals surface area (Å²) >= 11 is 0. The maximum Gasteiger partial charge on any atom is 0.102 e. The van der Waals surface area contributed by atoms with Crippen molar-refractivity contribution in [3.05, 3.63) is 275 Å². The van der Waals surface area contributed by atoms with E-state index < -0.39 is 0 Å². The number of rotatable bonds is 7. The van der Waals surface area contributed by atoms with Gasteiger partial charge >= 0.3 is 0 Å². The van der Waals surface area contributed by atoms with E-state index in [1.165, 1.54) is 83.3 Å². The Morgan fingerprint density at radius 2 is 1.25 bits per heavy atom. The van der Waals surface area contributed by atoms with Crippen LogP contribution < -0.4 is 10.2 Å². The Kier molecular flexibility index (Phi) is 9.31. The standard InChI is InChI=1S/C64H48N5/c1-5-19-42(20-6-1)45-35-37-57-52(39-45)53-40-47(36-38-58(53)67(57)46-25-11-4-12-26-46)68-55-31-15-13-27-50(55)62-48(29-17-33-59(62)68)49-30-18-34-60-63(49)51-28-14-16-32-56(51)69(60)61-41-54(43-21-7-2-8-22-43)65-64(66-61)44-23-9-3-10-24-44/h1-12,14-26,28-41,49,61,63-64,66H,13,27H2/q-1. The van der Waals surface area contributed by atoms with Gasteiger partial charge in [0.15, 0.2) is 0 Å². The summed E-state index contributed by atoms with van der Waals surface area (Å²) in [6.07, 6.45) is 15.9. The Morgan fingerprint density at radius 1 is 0.551 bits per heavy atom. The minimum absolute atomic E-state index is 0.115. The molecule has 0 saturated carbocycles. The Balaban J connectivity index is 0.911. The molecule has 0 saturated heterocycles. The molecular weight excluding hydrogens is 839 g/mol. The second-order valence-electron chi connectivity index (χ2n) is 18.7. The van der Waals surface area contributed by atoms with Gasteiger partial charge < -0.3 is 24.7 Å². The number of para-hydroxylation sites is 2. The van der Waals surface area contributed by atoms with E-state index in [0.29, 0.717) is 0 Å². The van der Waals surface area contributed by atoms with Gasteiger partial charge in [0.05, 0.1) is 16.6 Å². The number of nitrogens with zero attached hydrogens (tertiary/aromatic N) is 4. The minimum Gasteiger partial charge on any atom is -0.666 e. The van der Waals surface area contributed by atoms with Crippen LogP contribution in [0.2, 0.25) is 0 Å². The molecule has 2 aliphatic heterocycles. The monoisotopic (exact) mass is 886 g/mol. The molecule has 2 aliphatic carbocycles. The Hall–Kier alpha value is -8.38. The lowest BCUT2D eigenvalue weighted by Gasteiger charge is -2.47. The summed E-state index contributed by atoms with van der Waals surface area (Å²) < 4.78 is 4.97. The van der Waals surface area contributed by atoms with Gasteiger partial charge in [-0.15, -0.1) is 5.70 Å². The van der Waals surface area contributed by atoms with Gasteiger partial charge in [0, 0.05) is 56.4 Å². The van der Waals surface area contributed by atoms with E-state index in [-0.39, 0.29) is 24.2 Å². The first kappa shape index (κ1) is 39.8. The number of hydrogen-bond donors (Lipinski definition) is 1. The van der Waals surface area contributed by atoms with Crippen molar-refractivity contribution in [2.24, 2.45) is 0 Å². The lowest BCUT2D eigenvalue weighted by molar-refractivity contribution is 0.514. The molecule has 0 bridgehead atoms. The quantitative estimate of drug-likeness (QED) is 0.173. The SMILES string of the molecule is C1=CC(c2cccc3c2c2c(n3-c3ccc4c(c3)c3cc(-c5ccccc5)ccc3n4-c3ccccc3)C=CCC2)C2C(=C1)N(C1C=C(c3ccccc3)[N-]C(c3ccccc3)N1)c1ccccc12. The zero-order valence-corrected chi connectivity index (χ0v) is 38.0. The molecule has 5 nitrogen and oxygen atoms in total. The fraction of sp³-hybridized carbons (Fsp3) is 0.0938. The number of hydrogen-bond acceptors (Lipinski definition) is 2. The van der Waals surface area contributed by atoms with Crippen molar-refractivity contribution < 1.29 is 0 Å². The Morgan fingerprint density at radius 3 is 2.06 bits per heavy atom. The van der Waals surface area contributed by atoms with Gasteiger partial charge in [-0.3, -0.25) is 0 Å². The molecule has 0 fully saturated rings. The van der Waals surface area contributed by atoms with Crippen LogP contribution in [0.1, 0.15) is 57.9 Å². The highest BCUT2D eigenvalue weighted by molar-refractivity contribution is 6.11. The molecule has 4 atom stereocenters. The van der Waals surface area contributed by atoms with Gasteiger partial charge in [-0.05, 0) is 125 Å². The molecule has 4 heterocycles. The summed E-state index contributed by atoms with van der Waals surface area (Å²) in [7, 11) is 0. The summed E-state index contributed by atoms with van der Waals surface area (Å²) in [5.41, 5.74) is 19.7. The van der Waals surface area contributed by atoms with Gasteiger partial charge in [0.1, 0.15) is 6.17 Å². The van der Waals surface area contributed by atoms with Crippen molar-refractivity contribution in [3.63, 3.8) is 0 Å². The van der Waals surface area contributed by atoms with Crippen LogP contribution >= 0.6 is 0 Å². The molecule has 4 unspecified atom stereocenters. The van der Waals surface area contributed by atoms with Crippen molar-refractivity contribution in [1.29, 1.82) is 0 Å². The number of nitrogens with one attached hydrogen (secondary N) is 1. The van der Waals surface area contributed by atoms with E-state index in [2.05, 4.69) is 256 Å². The molecule has 4 aliphatic rings. The third-order valence-electron chi connectivity index (χ3n) is 14.9. The molecule has 8 aromatic carbocycles. The molecule has 1 N–H and O–H groups in total. The number of aryl methyl sites for hydroxylation is 1. The fourth-order valence-electron chi connectivity index (χ4n) is 12.0. The van der Waals surface area contributed by atoms with E-state index >= 15 is 0 Å². The summed E-state index contributed by atoms with van der Waals surface area (Å²) in [6, 6.07) is 73.0. The van der Waals surface area contributed by atoms with Crippen LogP contribution in [0, 0.1) is 0 Å². The molecule has 2 aromatic heterocycles. The number of benzene rings is 8. The maximum atomic E-state index is 5.31. The summed E-state index contributed by atoms with van der Waals surface area (Å²) in [6.45, 7) is 0. The van der Waals surface area contributed by atoms with E-state index in [9.17, 15) is 0 Å². The molecule has 14 rings (SSSR count). The van der Waals surface area contributed by atoms with Crippen molar-refractivity contribution in [2.45, 2.75) is 37.0 Å². The van der Waals surface area contributed by atoms with E-state index in [4.69, 9.17) is 5.32 Å². The predicted octanol–water partition coefficient (Wildman–Crippen LogP) is 15.5. The van der Waals surface area contributed by atoms with Crippen LogP contribution in [0.15, 0.2) is 236 Å². The normalized spacial score (nSPS) is 19.3. The van der Waals surface area contributed by atoms with Crippen molar-refractivity contribution in [2.75, 3.05) is 4.90 Å². The molecule has 0 radical (unpaired) electrons. The van der Waals surface area contributed by atoms with E-state index in [1.54, 1.807) is 0 Å². The number of anilines is 1. The highest BCUT2D eigenvalue weighted by Gasteiger charge is 2.43. The number of allylic oxidation sites excluding steroid dienone is 5. The highest BCUT2D eigenvalue weighted by Crippen LogP contribution is 2.55. The van der Waals surface area contributed by atoms with E-state index in [0.717, 1.165) is 35.4 Å². The van der Waals surface area contributed by atoms with Gasteiger partial charge in [0.25, 0.3) is 0 Å². The first-order valence-corrected chi connectivity index (χ1v) is 24.3. The number of aromatic nitrogens is 2. The van der Waals surface area contributed by atoms with Gasteiger partial charge in [0.2, 0.25) is 0 Å². The smallest absolute Gasteiger partial charge is 0.102 e. The largest absolute Gasteiger partial charge is 0.666 e.